The molecule has 0 aliphatic carbocycles. The second-order valence-electron chi connectivity index (χ2n) is 7.65. The average Bonchev–Trinajstić information content (AvgIpc) is 2.80. The molecule has 0 saturated heterocycles. The molecule has 32 heavy (non-hydrogen) atoms. The van der Waals surface area contributed by atoms with E-state index in [2.05, 4.69) is 29.8 Å². The van der Waals surface area contributed by atoms with E-state index in [1.807, 2.05) is 30.0 Å². The highest BCUT2D eigenvalue weighted by Gasteiger charge is 2.14. The molecule has 2 aromatic rings. The minimum atomic E-state index is -0.204. The molecule has 3 amide bonds. The van der Waals surface area contributed by atoms with Crippen LogP contribution in [-0.4, -0.2) is 42.3 Å². The lowest BCUT2D eigenvalue weighted by atomic mass is 10.1. The van der Waals surface area contributed by atoms with E-state index in [1.54, 1.807) is 31.2 Å². The van der Waals surface area contributed by atoms with Crippen molar-refractivity contribution in [1.82, 2.24) is 4.90 Å². The van der Waals surface area contributed by atoms with Crippen molar-refractivity contribution in [3.63, 3.8) is 0 Å². The van der Waals surface area contributed by atoms with Crippen LogP contribution in [0.4, 0.5) is 17.1 Å². The third-order valence-corrected chi connectivity index (χ3v) is 5.06. The van der Waals surface area contributed by atoms with Gasteiger partial charge in [-0.3, -0.25) is 14.4 Å². The Morgan fingerprint density at radius 3 is 1.91 bits per heavy atom. The molecule has 0 atom stereocenters. The van der Waals surface area contributed by atoms with Crippen LogP contribution in [0.2, 0.25) is 0 Å². The summed E-state index contributed by atoms with van der Waals surface area (Å²) < 4.78 is 0. The van der Waals surface area contributed by atoms with E-state index in [4.69, 9.17) is 0 Å². The lowest BCUT2D eigenvalue weighted by molar-refractivity contribution is -0.116. The highest BCUT2D eigenvalue weighted by atomic mass is 16.2. The fourth-order valence-corrected chi connectivity index (χ4v) is 3.29. The summed E-state index contributed by atoms with van der Waals surface area (Å²) in [6, 6.07) is 12.6. The van der Waals surface area contributed by atoms with Gasteiger partial charge < -0.3 is 20.9 Å². The molecule has 0 aliphatic heterocycles. The predicted molar refractivity (Wildman–Crippen MR) is 130 cm³/mol. The number of rotatable bonds is 11. The summed E-state index contributed by atoms with van der Waals surface area (Å²) in [5, 5.41) is 8.78. The molecule has 0 heterocycles. The molecule has 0 saturated carbocycles. The van der Waals surface area contributed by atoms with Gasteiger partial charge in [0.15, 0.2) is 0 Å². The van der Waals surface area contributed by atoms with Crippen LogP contribution in [0.25, 0.3) is 0 Å². The molecule has 7 heteroatoms. The van der Waals surface area contributed by atoms with Crippen LogP contribution in [-0.2, 0) is 9.59 Å². The van der Waals surface area contributed by atoms with Crippen LogP contribution < -0.4 is 16.0 Å². The molecule has 2 aromatic carbocycles. The molecule has 7 nitrogen and oxygen atoms in total. The van der Waals surface area contributed by atoms with E-state index in [0.29, 0.717) is 23.4 Å². The Balaban J connectivity index is 1.94. The molecule has 2 rings (SSSR count). The number of carbonyl (C=O) groups excluding carboxylic acids is 3. The molecule has 172 valence electrons. The Hall–Kier alpha value is -3.35. The number of nitrogens with one attached hydrogen (secondary N) is 3. The third-order valence-electron chi connectivity index (χ3n) is 5.06. The summed E-state index contributed by atoms with van der Waals surface area (Å²) >= 11 is 0. The van der Waals surface area contributed by atoms with Gasteiger partial charge in [-0.05, 0) is 61.7 Å². The van der Waals surface area contributed by atoms with Crippen LogP contribution >= 0.6 is 0 Å². The van der Waals surface area contributed by atoms with Crippen molar-refractivity contribution in [1.29, 1.82) is 0 Å². The third kappa shape index (κ3) is 7.11. The molecule has 0 aromatic heterocycles. The smallest absolute Gasteiger partial charge is 0.253 e. The Morgan fingerprint density at radius 2 is 1.38 bits per heavy atom. The highest BCUT2D eigenvalue weighted by Crippen LogP contribution is 2.23. The van der Waals surface area contributed by atoms with Crippen molar-refractivity contribution in [2.45, 2.75) is 47.0 Å². The van der Waals surface area contributed by atoms with E-state index >= 15 is 0 Å². The van der Waals surface area contributed by atoms with Gasteiger partial charge in [0.2, 0.25) is 11.8 Å². The fraction of sp³-hybridized carbons (Fsp3) is 0.400. The summed E-state index contributed by atoms with van der Waals surface area (Å²) in [7, 11) is 0. The fourth-order valence-electron chi connectivity index (χ4n) is 3.29. The van der Waals surface area contributed by atoms with Gasteiger partial charge in [0.25, 0.3) is 5.91 Å². The molecule has 0 radical (unpaired) electrons. The topological polar surface area (TPSA) is 90.5 Å². The molecule has 0 fully saturated rings. The monoisotopic (exact) mass is 438 g/mol. The Kier molecular flexibility index (Phi) is 9.73. The van der Waals surface area contributed by atoms with Crippen molar-refractivity contribution in [2.24, 2.45) is 0 Å². The Morgan fingerprint density at radius 1 is 0.812 bits per heavy atom. The van der Waals surface area contributed by atoms with Gasteiger partial charge in [-0.2, -0.15) is 0 Å². The predicted octanol–water partition coefficient (Wildman–Crippen LogP) is 4.66. The van der Waals surface area contributed by atoms with Gasteiger partial charge in [-0.15, -0.1) is 0 Å². The summed E-state index contributed by atoms with van der Waals surface area (Å²) in [5.74, 6) is -0.250. The van der Waals surface area contributed by atoms with Gasteiger partial charge in [0, 0.05) is 42.1 Å². The highest BCUT2D eigenvalue weighted by molar-refractivity contribution is 5.97. The average molecular weight is 439 g/mol. The normalized spacial score (nSPS) is 10.4. The van der Waals surface area contributed by atoms with Crippen LogP contribution in [0.5, 0.6) is 0 Å². The minimum absolute atomic E-state index is 0.0310. The number of hydrogen-bond donors (Lipinski definition) is 3. The van der Waals surface area contributed by atoms with E-state index in [1.165, 1.54) is 0 Å². The van der Waals surface area contributed by atoms with E-state index < -0.39 is 0 Å². The zero-order valence-electron chi connectivity index (χ0n) is 19.5. The number of benzene rings is 2. The maximum Gasteiger partial charge on any atom is 0.253 e. The van der Waals surface area contributed by atoms with Crippen LogP contribution in [0.15, 0.2) is 42.5 Å². The van der Waals surface area contributed by atoms with Gasteiger partial charge in [-0.1, -0.05) is 26.8 Å². The molecule has 0 spiro atoms. The molecule has 3 N–H and O–H groups in total. The van der Waals surface area contributed by atoms with Gasteiger partial charge >= 0.3 is 0 Å². The zero-order valence-corrected chi connectivity index (χ0v) is 19.5. The quantitative estimate of drug-likeness (QED) is 0.476. The first-order chi connectivity index (χ1) is 15.4. The van der Waals surface area contributed by atoms with Crippen molar-refractivity contribution in [2.75, 3.05) is 35.6 Å². The number of anilines is 3. The van der Waals surface area contributed by atoms with E-state index in [-0.39, 0.29) is 24.3 Å². The first kappa shape index (κ1) is 24.9. The van der Waals surface area contributed by atoms with E-state index in [9.17, 15) is 14.4 Å². The van der Waals surface area contributed by atoms with Gasteiger partial charge in [-0.25, -0.2) is 0 Å². The number of nitrogens with zero attached hydrogens (tertiary/aromatic N) is 1. The van der Waals surface area contributed by atoms with Gasteiger partial charge in [0.05, 0.1) is 6.54 Å². The molecular weight excluding hydrogens is 404 g/mol. The Bertz CT molecular complexity index is 919. The van der Waals surface area contributed by atoms with Crippen LogP contribution in [0.1, 0.15) is 56.0 Å². The van der Waals surface area contributed by atoms with Crippen LogP contribution in [0, 0.1) is 6.92 Å². The summed E-state index contributed by atoms with van der Waals surface area (Å²) in [5.41, 5.74) is 3.54. The standard InChI is InChI=1S/C25H34N4O3/c1-5-15-29(16-6-2)25(32)19-11-13-20(14-12-19)26-17-24(31)28-22-10-8-9-21(18(22)4)27-23(30)7-3/h8-14,26H,5-7,15-17H2,1-4H3,(H,27,30)(H,28,31). The summed E-state index contributed by atoms with van der Waals surface area (Å²) in [6.07, 6.45) is 2.24. The first-order valence-electron chi connectivity index (χ1n) is 11.2. The largest absolute Gasteiger partial charge is 0.376 e. The van der Waals surface area contributed by atoms with Crippen LogP contribution in [0.3, 0.4) is 0 Å². The number of carbonyl (C=O) groups is 3. The number of amides is 3. The Labute approximate surface area is 190 Å². The summed E-state index contributed by atoms with van der Waals surface area (Å²) in [4.78, 5) is 38.6. The second-order valence-corrected chi connectivity index (χ2v) is 7.65. The maximum absolute atomic E-state index is 12.7. The zero-order chi connectivity index (χ0) is 23.5. The van der Waals surface area contributed by atoms with Crippen molar-refractivity contribution < 1.29 is 14.4 Å². The second kappa shape index (κ2) is 12.5. The SMILES string of the molecule is CCCN(CCC)C(=O)c1ccc(NCC(=O)Nc2cccc(NC(=O)CC)c2C)cc1. The summed E-state index contributed by atoms with van der Waals surface area (Å²) in [6.45, 7) is 9.34. The first-order valence-corrected chi connectivity index (χ1v) is 11.2. The molecule has 0 unspecified atom stereocenters. The molecular formula is C25H34N4O3. The van der Waals surface area contributed by atoms with E-state index in [0.717, 1.165) is 37.2 Å². The number of hydrogen-bond acceptors (Lipinski definition) is 4. The molecule has 0 aliphatic rings. The van der Waals surface area contributed by atoms with Crippen molar-refractivity contribution in [3.8, 4) is 0 Å². The molecule has 0 bridgehead atoms. The van der Waals surface area contributed by atoms with Gasteiger partial charge in [0.1, 0.15) is 0 Å². The minimum Gasteiger partial charge on any atom is -0.376 e. The van der Waals surface area contributed by atoms with Crippen molar-refractivity contribution in [3.05, 3.63) is 53.6 Å². The lowest BCUT2D eigenvalue weighted by Gasteiger charge is -2.21. The lowest BCUT2D eigenvalue weighted by Crippen LogP contribution is -2.32. The maximum atomic E-state index is 12.7. The van der Waals surface area contributed by atoms with Crippen molar-refractivity contribution >= 4 is 34.8 Å².